The summed E-state index contributed by atoms with van der Waals surface area (Å²) in [6, 6.07) is 16.3. The molecule has 0 unspecified atom stereocenters. The Kier molecular flexibility index (Phi) is 7.01. The van der Waals surface area contributed by atoms with Crippen LogP contribution < -0.4 is 5.32 Å². The Labute approximate surface area is 182 Å². The summed E-state index contributed by atoms with van der Waals surface area (Å²) in [6.45, 7) is 8.21. The van der Waals surface area contributed by atoms with Crippen molar-refractivity contribution in [1.29, 1.82) is 0 Å². The molecule has 4 aromatic rings. The topological polar surface area (TPSA) is 37.8 Å². The van der Waals surface area contributed by atoms with Crippen molar-refractivity contribution in [2.24, 2.45) is 0 Å². The fourth-order valence-corrected chi connectivity index (χ4v) is 3.40. The van der Waals surface area contributed by atoms with Gasteiger partial charge in [-0.15, -0.1) is 0 Å². The van der Waals surface area contributed by atoms with E-state index in [4.69, 9.17) is 11.6 Å². The molecule has 2 heterocycles. The molecule has 0 aliphatic rings. The maximum absolute atomic E-state index is 14.4. The fraction of sp³-hybridized carbons (Fsp3) is 0.200. The highest BCUT2D eigenvalue weighted by atomic mass is 35.5. The lowest BCUT2D eigenvalue weighted by Crippen LogP contribution is -2.01. The van der Waals surface area contributed by atoms with Crippen LogP contribution in [0.3, 0.4) is 0 Å². The van der Waals surface area contributed by atoms with Crippen LogP contribution in [0, 0.1) is 5.82 Å². The van der Waals surface area contributed by atoms with E-state index in [0.717, 1.165) is 27.8 Å². The smallest absolute Gasteiger partial charge is 0.132 e. The average molecular weight is 422 g/mol. The first-order valence-corrected chi connectivity index (χ1v) is 10.5. The zero-order chi connectivity index (χ0) is 21.7. The van der Waals surface area contributed by atoms with Crippen molar-refractivity contribution in [1.82, 2.24) is 9.97 Å². The monoisotopic (exact) mass is 421 g/mol. The van der Waals surface area contributed by atoms with Gasteiger partial charge in [0.05, 0.1) is 11.2 Å². The summed E-state index contributed by atoms with van der Waals surface area (Å²) in [5.41, 5.74) is 4.70. The third-order valence-corrected chi connectivity index (χ3v) is 4.91. The lowest BCUT2D eigenvalue weighted by molar-refractivity contribution is 0.630. The Balaban J connectivity index is 0.00000124. The Morgan fingerprint density at radius 3 is 2.47 bits per heavy atom. The van der Waals surface area contributed by atoms with Gasteiger partial charge in [-0.1, -0.05) is 57.5 Å². The molecule has 0 saturated carbocycles. The lowest BCUT2D eigenvalue weighted by atomic mass is 10.0. The molecular weight excluding hydrogens is 397 g/mol. The average Bonchev–Trinajstić information content (AvgIpc) is 2.77. The number of benzene rings is 2. The number of hydrogen-bond donors (Lipinski definition) is 1. The number of fused-ring (bicyclic) bond motifs is 1. The van der Waals surface area contributed by atoms with Crippen LogP contribution in [0.15, 0.2) is 67.0 Å². The van der Waals surface area contributed by atoms with E-state index in [2.05, 4.69) is 29.1 Å². The maximum atomic E-state index is 14.4. The van der Waals surface area contributed by atoms with Crippen molar-refractivity contribution in [2.75, 3.05) is 5.32 Å². The van der Waals surface area contributed by atoms with E-state index >= 15 is 0 Å². The van der Waals surface area contributed by atoms with Crippen molar-refractivity contribution in [3.63, 3.8) is 0 Å². The zero-order valence-corrected chi connectivity index (χ0v) is 18.3. The normalized spacial score (nSPS) is 10.6. The third kappa shape index (κ3) is 4.60. The zero-order valence-electron chi connectivity index (χ0n) is 17.6. The van der Waals surface area contributed by atoms with Gasteiger partial charge in [0.1, 0.15) is 5.82 Å². The molecule has 0 fully saturated rings. The fourth-order valence-electron chi connectivity index (χ4n) is 3.23. The van der Waals surface area contributed by atoms with Crippen LogP contribution in [0.25, 0.3) is 22.2 Å². The van der Waals surface area contributed by atoms with Crippen LogP contribution in [0.5, 0.6) is 0 Å². The van der Waals surface area contributed by atoms with Gasteiger partial charge in [0, 0.05) is 39.7 Å². The molecule has 0 atom stereocenters. The summed E-state index contributed by atoms with van der Waals surface area (Å²) in [4.78, 5) is 8.90. The number of anilines is 2. The molecule has 3 nitrogen and oxygen atoms in total. The van der Waals surface area contributed by atoms with Gasteiger partial charge in [0.2, 0.25) is 0 Å². The predicted octanol–water partition coefficient (Wildman–Crippen LogP) is 7.98. The highest BCUT2D eigenvalue weighted by molar-refractivity contribution is 6.30. The summed E-state index contributed by atoms with van der Waals surface area (Å²) in [5.74, 6) is -0.101. The largest absolute Gasteiger partial charge is 0.355 e. The minimum Gasteiger partial charge on any atom is -0.355 e. The second-order valence-corrected chi connectivity index (χ2v) is 7.37. The van der Waals surface area contributed by atoms with Crippen molar-refractivity contribution in [3.8, 4) is 11.3 Å². The van der Waals surface area contributed by atoms with Gasteiger partial charge in [-0.3, -0.25) is 9.97 Å². The van der Waals surface area contributed by atoms with Crippen molar-refractivity contribution in [2.45, 2.75) is 33.6 Å². The number of pyridine rings is 2. The maximum Gasteiger partial charge on any atom is 0.132 e. The van der Waals surface area contributed by atoms with Crippen LogP contribution >= 0.6 is 11.6 Å². The van der Waals surface area contributed by atoms with Gasteiger partial charge < -0.3 is 5.32 Å². The van der Waals surface area contributed by atoms with E-state index in [1.807, 2.05) is 50.2 Å². The highest BCUT2D eigenvalue weighted by Crippen LogP contribution is 2.33. The third-order valence-electron chi connectivity index (χ3n) is 4.68. The van der Waals surface area contributed by atoms with E-state index < -0.39 is 0 Å². The van der Waals surface area contributed by atoms with Crippen molar-refractivity contribution >= 4 is 33.9 Å². The molecular formula is C25H25ClFN3. The minimum absolute atomic E-state index is 0.251. The summed E-state index contributed by atoms with van der Waals surface area (Å²) < 4.78 is 14.4. The number of nitrogens with zero attached hydrogens (tertiary/aromatic N) is 2. The molecule has 0 aliphatic carbocycles. The predicted molar refractivity (Wildman–Crippen MR) is 125 cm³/mol. The Morgan fingerprint density at radius 2 is 1.70 bits per heavy atom. The molecule has 5 heteroatoms. The lowest BCUT2D eigenvalue weighted by Gasteiger charge is -2.17. The highest BCUT2D eigenvalue weighted by Gasteiger charge is 2.14. The molecule has 30 heavy (non-hydrogen) atoms. The molecule has 0 amide bonds. The Morgan fingerprint density at radius 1 is 0.933 bits per heavy atom. The number of nitrogens with one attached hydrogen (secondary N) is 1. The first-order valence-electron chi connectivity index (χ1n) is 10.1. The van der Waals surface area contributed by atoms with E-state index in [-0.39, 0.29) is 11.7 Å². The molecule has 0 bridgehead atoms. The van der Waals surface area contributed by atoms with Gasteiger partial charge in [0.15, 0.2) is 0 Å². The second kappa shape index (κ2) is 9.68. The van der Waals surface area contributed by atoms with E-state index in [1.165, 1.54) is 12.1 Å². The van der Waals surface area contributed by atoms with Gasteiger partial charge in [-0.25, -0.2) is 4.39 Å². The second-order valence-electron chi connectivity index (χ2n) is 6.94. The van der Waals surface area contributed by atoms with Gasteiger partial charge in [-0.2, -0.15) is 0 Å². The minimum atomic E-state index is -0.352. The van der Waals surface area contributed by atoms with E-state index in [0.29, 0.717) is 16.3 Å². The summed E-state index contributed by atoms with van der Waals surface area (Å²) in [6.07, 6.45) is 3.57. The quantitative estimate of drug-likeness (QED) is 0.363. The van der Waals surface area contributed by atoms with Gasteiger partial charge in [-0.05, 0) is 47.9 Å². The van der Waals surface area contributed by atoms with Crippen molar-refractivity contribution < 1.29 is 4.39 Å². The molecule has 2 aromatic carbocycles. The molecule has 2 aromatic heterocycles. The number of para-hydroxylation sites is 1. The summed E-state index contributed by atoms with van der Waals surface area (Å²) in [7, 11) is 0. The molecule has 0 saturated heterocycles. The van der Waals surface area contributed by atoms with Crippen LogP contribution in [-0.2, 0) is 0 Å². The van der Waals surface area contributed by atoms with E-state index in [1.54, 1.807) is 18.5 Å². The molecule has 0 spiro atoms. The molecule has 1 N–H and O–H groups in total. The standard InChI is InChI=1S/C23H19ClFN3.C2H6/c1-14(2)18-13-27-22(17-11-15(24)7-8-19(17)25)12-23(18)28-21-9-10-26-20-6-4-3-5-16(20)21;1-2/h3-14H,1-2H3,(H,26,27,28);1-2H3. The molecule has 0 radical (unpaired) electrons. The van der Waals surface area contributed by atoms with Crippen molar-refractivity contribution in [3.05, 3.63) is 83.4 Å². The van der Waals surface area contributed by atoms with Crippen LogP contribution in [0.4, 0.5) is 15.8 Å². The number of rotatable bonds is 4. The molecule has 0 aliphatic heterocycles. The molecule has 4 rings (SSSR count). The first kappa shape index (κ1) is 21.7. The molecule has 154 valence electrons. The van der Waals surface area contributed by atoms with E-state index in [9.17, 15) is 4.39 Å². The van der Waals surface area contributed by atoms with Gasteiger partial charge >= 0.3 is 0 Å². The number of hydrogen-bond acceptors (Lipinski definition) is 3. The Hall–Kier alpha value is -2.98. The van der Waals surface area contributed by atoms with Gasteiger partial charge in [0.25, 0.3) is 0 Å². The van der Waals surface area contributed by atoms with Crippen LogP contribution in [0.2, 0.25) is 5.02 Å². The number of aromatic nitrogens is 2. The summed E-state index contributed by atoms with van der Waals surface area (Å²) >= 11 is 6.07. The summed E-state index contributed by atoms with van der Waals surface area (Å²) in [5, 5.41) is 5.00. The Bertz CT molecular complexity index is 1150. The van der Waals surface area contributed by atoms with Crippen LogP contribution in [0.1, 0.15) is 39.2 Å². The number of halogens is 2. The van der Waals surface area contributed by atoms with Crippen LogP contribution in [-0.4, -0.2) is 9.97 Å². The SMILES string of the molecule is CC.CC(C)c1cnc(-c2cc(Cl)ccc2F)cc1Nc1ccnc2ccccc12. The first-order chi connectivity index (χ1) is 14.5.